The minimum Gasteiger partial charge on any atom is -0.312 e. The molecular weight excluding hydrogens is 958 g/mol. The van der Waals surface area contributed by atoms with Crippen LogP contribution in [0.4, 0.5) is 33.4 Å². The summed E-state index contributed by atoms with van der Waals surface area (Å²) in [5.74, 6) is 0. The van der Waals surface area contributed by atoms with Crippen molar-refractivity contribution < 1.29 is 26.0 Å². The Balaban J connectivity index is 1.26. The van der Waals surface area contributed by atoms with Crippen LogP contribution in [0.2, 0.25) is 0 Å². The Kier molecular flexibility index (Phi) is 6.16. The molecule has 6 heteroatoms. The van der Waals surface area contributed by atoms with Crippen molar-refractivity contribution in [2.45, 2.75) is 142 Å². The number of thiophene rings is 2. The van der Waals surface area contributed by atoms with Gasteiger partial charge in [-0.25, -0.2) is 0 Å². The largest absolute Gasteiger partial charge is 0.312 e. The molecule has 7 aromatic carbocycles. The summed E-state index contributed by atoms with van der Waals surface area (Å²) in [5.41, 5.74) is -2.10. The lowest BCUT2D eigenvalue weighted by molar-refractivity contribution is 0.484. The molecule has 0 spiro atoms. The molecule has 2 bridgehead atoms. The fraction of sp³-hybridized carbons (Fsp3) is 0.314. The summed E-state index contributed by atoms with van der Waals surface area (Å²) in [7, 11) is 0. The van der Waals surface area contributed by atoms with E-state index in [1.54, 1.807) is 41.5 Å². The van der Waals surface area contributed by atoms with E-state index in [0.717, 1.165) is 46.6 Å². The topological polar surface area (TPSA) is 11.4 Å². The molecule has 3 nitrogen and oxygen atoms in total. The fourth-order valence-corrected chi connectivity index (χ4v) is 15.8. The maximum absolute atomic E-state index is 11.5. The first-order valence-corrected chi connectivity index (χ1v) is 28.1. The molecule has 0 saturated heterocycles. The average molecular weight is 1050 g/mol. The van der Waals surface area contributed by atoms with E-state index >= 15 is 0 Å². The molecule has 10 aromatic rings. The van der Waals surface area contributed by atoms with E-state index in [2.05, 4.69) is 13.8 Å². The standard InChI is InChI=1S/C70H68BN3S2/c1-65(2,3)40-22-27-43(28-23-40)72-54-35-45(73-53-21-17-15-19-47(53)58-46-18-14-16-20-50(46)68(10,11)62(58)73)36-55-60(54)71(63-61(72)49-34-42(67(7,8)9)26-31-56(49)75-63)59-48-37-51-52(70(13)33-32-69(51,12)39-70)38-57(48)76-64(59)74(55)44-29-24-41(25-30-44)66(4,5)6/h14-31,34-38H,32-33,39H2,1-13H3/i15D,17D,19D,21D,22D,23D,24D,25D,26D,27D,28D,29D,30D,31D,34D,35D,36D,37D,38D. The third-order valence-corrected chi connectivity index (χ3v) is 19.5. The quantitative estimate of drug-likeness (QED) is 0.163. The van der Waals surface area contributed by atoms with E-state index in [1.807, 2.05) is 58.9 Å². The van der Waals surface area contributed by atoms with Gasteiger partial charge in [-0.15, -0.1) is 22.7 Å². The van der Waals surface area contributed by atoms with Crippen LogP contribution < -0.4 is 25.5 Å². The van der Waals surface area contributed by atoms with Crippen molar-refractivity contribution in [3.63, 3.8) is 0 Å². The number of rotatable bonds is 3. The smallest absolute Gasteiger partial charge is 0.266 e. The van der Waals surface area contributed by atoms with Gasteiger partial charge in [0.25, 0.3) is 6.71 Å². The molecule has 1 fully saturated rings. The normalized spacial score (nSPS) is 23.4. The van der Waals surface area contributed by atoms with Gasteiger partial charge < -0.3 is 14.4 Å². The van der Waals surface area contributed by atoms with Gasteiger partial charge in [0.15, 0.2) is 0 Å². The van der Waals surface area contributed by atoms with Crippen LogP contribution >= 0.6 is 22.7 Å². The second kappa shape index (κ2) is 15.0. The monoisotopic (exact) mass is 1040 g/mol. The van der Waals surface area contributed by atoms with E-state index in [1.165, 1.54) is 14.4 Å². The number of benzene rings is 7. The van der Waals surface area contributed by atoms with Gasteiger partial charge in [0.05, 0.1) is 47.9 Å². The first-order chi connectivity index (χ1) is 44.0. The maximum Gasteiger partial charge on any atom is 0.266 e. The lowest BCUT2D eigenvalue weighted by Gasteiger charge is -2.42. The van der Waals surface area contributed by atoms with Crippen molar-refractivity contribution in [3.8, 4) is 16.8 Å². The Labute approximate surface area is 485 Å². The van der Waals surface area contributed by atoms with Gasteiger partial charge in [-0.05, 0) is 168 Å². The molecule has 3 aliphatic carbocycles. The van der Waals surface area contributed by atoms with Crippen LogP contribution in [-0.2, 0) is 32.5 Å². The van der Waals surface area contributed by atoms with Gasteiger partial charge in [0, 0.05) is 64.4 Å². The minimum atomic E-state index is -1.29. The zero-order valence-electron chi connectivity index (χ0n) is 64.2. The predicted octanol–water partition coefficient (Wildman–Crippen LogP) is 18.1. The van der Waals surface area contributed by atoms with Gasteiger partial charge in [0.2, 0.25) is 0 Å². The zero-order chi connectivity index (χ0) is 69.1. The highest BCUT2D eigenvalue weighted by Gasteiger charge is 2.54. The lowest BCUT2D eigenvalue weighted by atomic mass is 9.36. The van der Waals surface area contributed by atoms with Gasteiger partial charge in [-0.1, -0.05) is 163 Å². The number of fused-ring (bicyclic) bond motifs is 18. The highest BCUT2D eigenvalue weighted by molar-refractivity contribution is 7.35. The molecule has 5 aliphatic rings. The second-order valence-electron chi connectivity index (χ2n) is 26.1. The third kappa shape index (κ3) is 6.23. The van der Waals surface area contributed by atoms with Crippen LogP contribution in [0.15, 0.2) is 139 Å². The molecule has 76 heavy (non-hydrogen) atoms. The second-order valence-corrected chi connectivity index (χ2v) is 28.1. The first kappa shape index (κ1) is 31.2. The zero-order valence-corrected chi connectivity index (χ0v) is 46.8. The van der Waals surface area contributed by atoms with Crippen LogP contribution in [0.25, 0.3) is 47.9 Å². The van der Waals surface area contributed by atoms with Crippen LogP contribution in [0, 0.1) is 0 Å². The van der Waals surface area contributed by atoms with Crippen molar-refractivity contribution in [1.82, 2.24) is 4.57 Å². The van der Waals surface area contributed by atoms with Gasteiger partial charge in [-0.3, -0.25) is 0 Å². The summed E-state index contributed by atoms with van der Waals surface area (Å²) >= 11 is 2.15. The van der Waals surface area contributed by atoms with E-state index in [-0.39, 0.29) is 119 Å². The number of aromatic nitrogens is 1. The van der Waals surface area contributed by atoms with Crippen LogP contribution in [0.3, 0.4) is 0 Å². The number of hydrogen-bond donors (Lipinski definition) is 0. The molecule has 2 atom stereocenters. The van der Waals surface area contributed by atoms with Crippen molar-refractivity contribution in [2.24, 2.45) is 0 Å². The van der Waals surface area contributed by atoms with Crippen molar-refractivity contribution in [3.05, 3.63) is 178 Å². The average Bonchev–Trinajstić information content (AvgIpc) is 1.57. The summed E-state index contributed by atoms with van der Waals surface area (Å²) in [6.45, 7) is 23.0. The molecule has 5 heterocycles. The molecule has 3 aromatic heterocycles. The summed E-state index contributed by atoms with van der Waals surface area (Å²) in [6.07, 6.45) is 2.19. The fourth-order valence-electron chi connectivity index (χ4n) is 13.4. The predicted molar refractivity (Wildman–Crippen MR) is 330 cm³/mol. The SMILES string of the molecule is [2H]c1c([2H])c(C(C)(C)C)c([2H])c([2H])c1N1c2sc3c([2H])c4c(c([2H])c3c2B2c3sc5c([2H])c([2H])c(C(C)(C)C)c([2H])c5c3N(c3c([2H])c([2H])c(C(C)(C)C)c([2H])c3[2H])c3c([2H])c(-n5c6c(c7c([2H])c([2H])c([2H])c([2H])c75)-c5ccccc5C6(C)C)c([2H])c1c32)C1(C)CCC4(C)C1. The molecule has 2 aliphatic heterocycles. The molecule has 1 saturated carbocycles. The van der Waals surface area contributed by atoms with Crippen molar-refractivity contribution in [1.29, 1.82) is 0 Å². The summed E-state index contributed by atoms with van der Waals surface area (Å²) < 4.78 is 196. The summed E-state index contributed by atoms with van der Waals surface area (Å²) in [5, 5.41) is 0.683. The van der Waals surface area contributed by atoms with Gasteiger partial charge >= 0.3 is 0 Å². The number of para-hydroxylation sites is 1. The molecule has 2 unspecified atom stereocenters. The molecule has 0 radical (unpaired) electrons. The number of hydrogen-bond acceptors (Lipinski definition) is 4. The van der Waals surface area contributed by atoms with Crippen molar-refractivity contribution in [2.75, 3.05) is 9.80 Å². The van der Waals surface area contributed by atoms with E-state index in [0.29, 0.717) is 49.1 Å². The molecular formula is C70H68BN3S2. The van der Waals surface area contributed by atoms with Gasteiger partial charge in [0.1, 0.15) is 0 Å². The number of anilines is 6. The molecule has 0 N–H and O–H groups in total. The Morgan fingerprint density at radius 1 is 0.539 bits per heavy atom. The Morgan fingerprint density at radius 2 is 1.13 bits per heavy atom. The van der Waals surface area contributed by atoms with Crippen molar-refractivity contribution >= 4 is 110 Å². The summed E-state index contributed by atoms with van der Waals surface area (Å²) in [6, 6.07) is 0.256. The van der Waals surface area contributed by atoms with Crippen LogP contribution in [0.5, 0.6) is 0 Å². The van der Waals surface area contributed by atoms with Crippen LogP contribution in [-0.4, -0.2) is 11.3 Å². The van der Waals surface area contributed by atoms with E-state index < -0.39 is 117 Å². The molecule has 0 amide bonds. The van der Waals surface area contributed by atoms with Gasteiger partial charge in [-0.2, -0.15) is 0 Å². The third-order valence-electron chi connectivity index (χ3n) is 17.2. The minimum absolute atomic E-state index is 0.0485. The first-order valence-electron chi connectivity index (χ1n) is 35.9. The maximum atomic E-state index is 11.5. The highest BCUT2D eigenvalue weighted by Crippen LogP contribution is 2.62. The highest BCUT2D eigenvalue weighted by atomic mass is 32.1. The number of nitrogens with zero attached hydrogens (tertiary/aromatic N) is 3. The van der Waals surface area contributed by atoms with E-state index in [9.17, 15) is 26.0 Å². The Hall–Kier alpha value is -6.34. The molecule has 378 valence electrons. The lowest BCUT2D eigenvalue weighted by Crippen LogP contribution is -2.60. The summed E-state index contributed by atoms with van der Waals surface area (Å²) in [4.78, 5) is 2.90. The molecule has 15 rings (SSSR count). The van der Waals surface area contributed by atoms with E-state index in [4.69, 9.17) is 0 Å². The Morgan fingerprint density at radius 3 is 1.79 bits per heavy atom. The Bertz CT molecular complexity index is 5270. The van der Waals surface area contributed by atoms with Crippen LogP contribution in [0.1, 0.15) is 174 Å².